The van der Waals surface area contributed by atoms with Crippen LogP contribution < -0.4 is 5.69 Å². The quantitative estimate of drug-likeness (QED) is 0.798. The monoisotopic (exact) mass is 253 g/mol. The van der Waals surface area contributed by atoms with E-state index in [1.165, 1.54) is 4.68 Å². The Morgan fingerprint density at radius 3 is 2.50 bits per heavy atom. The number of tetrazole rings is 1. The van der Waals surface area contributed by atoms with Crippen molar-refractivity contribution < 1.29 is 8.78 Å². The number of hydrogen-bond donors (Lipinski definition) is 0. The molecule has 0 saturated heterocycles. The average Bonchev–Trinajstić information content (AvgIpc) is 3.11. The van der Waals surface area contributed by atoms with Crippen LogP contribution in [-0.4, -0.2) is 24.8 Å². The molecule has 94 valence electrons. The molecule has 3 rings (SSSR count). The molecule has 2 aromatic rings. The summed E-state index contributed by atoms with van der Waals surface area (Å²) < 4.78 is 28.9. The summed E-state index contributed by atoms with van der Waals surface area (Å²) in [5, 5.41) is 7.31. The Bertz CT molecular complexity index is 626. The Balaban J connectivity index is 1.95. The highest BCUT2D eigenvalue weighted by atomic mass is 19.1. The molecule has 0 spiro atoms. The Hall–Kier alpha value is -2.12. The summed E-state index contributed by atoms with van der Waals surface area (Å²) in [5.74, 6) is -1.61. The highest BCUT2D eigenvalue weighted by molar-refractivity contribution is 5.15. The third-order valence-electron chi connectivity index (χ3n) is 2.81. The van der Waals surface area contributed by atoms with Crippen LogP contribution in [-0.2, 0) is 6.54 Å². The zero-order valence-corrected chi connectivity index (χ0v) is 9.25. The average molecular weight is 253 g/mol. The molecule has 8 heteroatoms. The Labute approximate surface area is 99.8 Å². The molecule has 2 aromatic heterocycles. The first-order chi connectivity index (χ1) is 8.66. The SMILES string of the molecule is O=c1n(Cc2c(F)cncc2F)nnn1C1CC1. The van der Waals surface area contributed by atoms with Crippen LogP contribution >= 0.6 is 0 Å². The maximum absolute atomic E-state index is 13.4. The maximum atomic E-state index is 13.4. The van der Waals surface area contributed by atoms with E-state index in [9.17, 15) is 13.6 Å². The van der Waals surface area contributed by atoms with Gasteiger partial charge in [0, 0.05) is 5.56 Å². The molecular formula is C10H9F2N5O. The zero-order valence-electron chi connectivity index (χ0n) is 9.25. The zero-order chi connectivity index (χ0) is 12.7. The fourth-order valence-electron chi connectivity index (χ4n) is 1.67. The van der Waals surface area contributed by atoms with Gasteiger partial charge in [-0.3, -0.25) is 4.98 Å². The second-order valence-electron chi connectivity index (χ2n) is 4.18. The number of nitrogens with zero attached hydrogens (tertiary/aromatic N) is 5. The lowest BCUT2D eigenvalue weighted by molar-refractivity contribution is 0.516. The van der Waals surface area contributed by atoms with E-state index in [0.29, 0.717) is 0 Å². The topological polar surface area (TPSA) is 65.6 Å². The lowest BCUT2D eigenvalue weighted by atomic mass is 10.2. The second kappa shape index (κ2) is 3.97. The first-order valence-corrected chi connectivity index (χ1v) is 5.47. The van der Waals surface area contributed by atoms with Crippen molar-refractivity contribution in [2.75, 3.05) is 0 Å². The van der Waals surface area contributed by atoms with Gasteiger partial charge in [-0.25, -0.2) is 13.6 Å². The largest absolute Gasteiger partial charge is 0.364 e. The van der Waals surface area contributed by atoms with Crippen LogP contribution in [0.15, 0.2) is 17.2 Å². The third-order valence-corrected chi connectivity index (χ3v) is 2.81. The fraction of sp³-hybridized carbons (Fsp3) is 0.400. The van der Waals surface area contributed by atoms with Gasteiger partial charge < -0.3 is 0 Å². The van der Waals surface area contributed by atoms with E-state index in [-0.39, 0.29) is 18.2 Å². The van der Waals surface area contributed by atoms with E-state index >= 15 is 0 Å². The van der Waals surface area contributed by atoms with Crippen LogP contribution in [0.25, 0.3) is 0 Å². The van der Waals surface area contributed by atoms with Gasteiger partial charge in [0.05, 0.1) is 25.0 Å². The van der Waals surface area contributed by atoms with Crippen LogP contribution in [0.4, 0.5) is 8.78 Å². The summed E-state index contributed by atoms with van der Waals surface area (Å²) in [7, 11) is 0. The molecule has 0 aromatic carbocycles. The van der Waals surface area contributed by atoms with Crippen molar-refractivity contribution in [1.29, 1.82) is 0 Å². The summed E-state index contributed by atoms with van der Waals surface area (Å²) in [6.45, 7) is -0.286. The van der Waals surface area contributed by atoms with Gasteiger partial charge in [0.2, 0.25) is 0 Å². The first-order valence-electron chi connectivity index (χ1n) is 5.47. The van der Waals surface area contributed by atoms with E-state index in [0.717, 1.165) is 29.9 Å². The van der Waals surface area contributed by atoms with E-state index in [2.05, 4.69) is 15.4 Å². The van der Waals surface area contributed by atoms with Gasteiger partial charge in [-0.15, -0.1) is 0 Å². The molecule has 0 aliphatic heterocycles. The summed E-state index contributed by atoms with van der Waals surface area (Å²) in [6.07, 6.45) is 3.57. The summed E-state index contributed by atoms with van der Waals surface area (Å²) >= 11 is 0. The molecule has 0 N–H and O–H groups in total. The highest BCUT2D eigenvalue weighted by Crippen LogP contribution is 2.32. The molecule has 18 heavy (non-hydrogen) atoms. The molecular weight excluding hydrogens is 244 g/mol. The highest BCUT2D eigenvalue weighted by Gasteiger charge is 2.28. The van der Waals surface area contributed by atoms with Crippen molar-refractivity contribution in [3.05, 3.63) is 40.1 Å². The Kier molecular flexibility index (Phi) is 2.42. The molecule has 0 unspecified atom stereocenters. The Morgan fingerprint density at radius 2 is 1.89 bits per heavy atom. The van der Waals surface area contributed by atoms with Crippen molar-refractivity contribution in [2.45, 2.75) is 25.4 Å². The Morgan fingerprint density at radius 1 is 1.22 bits per heavy atom. The molecule has 1 aliphatic rings. The summed E-state index contributed by atoms with van der Waals surface area (Å²) in [6, 6.07) is 0.0818. The fourth-order valence-corrected chi connectivity index (χ4v) is 1.67. The smallest absolute Gasteiger partial charge is 0.259 e. The molecule has 0 amide bonds. The minimum atomic E-state index is -0.803. The van der Waals surface area contributed by atoms with Gasteiger partial charge in [-0.05, 0) is 23.3 Å². The number of pyridine rings is 1. The molecule has 0 bridgehead atoms. The normalized spacial score (nSPS) is 15.0. The standard InChI is InChI=1S/C10H9F2N5O/c11-8-3-13-4-9(12)7(8)5-16-10(18)17(15-14-16)6-1-2-6/h3-4,6H,1-2,5H2. The number of hydrogen-bond acceptors (Lipinski definition) is 4. The van der Waals surface area contributed by atoms with Gasteiger partial charge in [0.15, 0.2) is 0 Å². The van der Waals surface area contributed by atoms with E-state index in [4.69, 9.17) is 0 Å². The van der Waals surface area contributed by atoms with Gasteiger partial charge >= 0.3 is 5.69 Å². The second-order valence-corrected chi connectivity index (χ2v) is 4.18. The van der Waals surface area contributed by atoms with Crippen LogP contribution in [0.1, 0.15) is 24.4 Å². The minimum absolute atomic E-state index is 0.0818. The van der Waals surface area contributed by atoms with Gasteiger partial charge in [-0.1, -0.05) is 0 Å². The molecule has 1 fully saturated rings. The predicted molar refractivity (Wildman–Crippen MR) is 55.8 cm³/mol. The van der Waals surface area contributed by atoms with Crippen molar-refractivity contribution in [1.82, 2.24) is 24.8 Å². The van der Waals surface area contributed by atoms with Crippen molar-refractivity contribution >= 4 is 0 Å². The molecule has 1 aliphatic carbocycles. The number of halogens is 2. The van der Waals surface area contributed by atoms with Crippen LogP contribution in [0.5, 0.6) is 0 Å². The van der Waals surface area contributed by atoms with E-state index in [1.54, 1.807) is 0 Å². The molecule has 0 radical (unpaired) electrons. The van der Waals surface area contributed by atoms with E-state index in [1.807, 2.05) is 0 Å². The first kappa shape index (κ1) is 11.0. The summed E-state index contributed by atoms with van der Waals surface area (Å²) in [5.41, 5.74) is -0.692. The molecule has 1 saturated carbocycles. The van der Waals surface area contributed by atoms with E-state index < -0.39 is 17.3 Å². The van der Waals surface area contributed by atoms with Crippen LogP contribution in [0, 0.1) is 11.6 Å². The lowest BCUT2D eigenvalue weighted by Crippen LogP contribution is -2.25. The maximum Gasteiger partial charge on any atom is 0.364 e. The van der Waals surface area contributed by atoms with Gasteiger partial charge in [0.1, 0.15) is 11.6 Å². The molecule has 6 nitrogen and oxygen atoms in total. The number of rotatable bonds is 3. The van der Waals surface area contributed by atoms with Gasteiger partial charge in [0.25, 0.3) is 0 Å². The number of aromatic nitrogens is 5. The van der Waals surface area contributed by atoms with Crippen molar-refractivity contribution in [2.24, 2.45) is 0 Å². The van der Waals surface area contributed by atoms with Crippen molar-refractivity contribution in [3.8, 4) is 0 Å². The molecule has 0 atom stereocenters. The summed E-state index contributed by atoms with van der Waals surface area (Å²) in [4.78, 5) is 15.2. The van der Waals surface area contributed by atoms with Crippen LogP contribution in [0.2, 0.25) is 0 Å². The minimum Gasteiger partial charge on any atom is -0.259 e. The van der Waals surface area contributed by atoms with Gasteiger partial charge in [-0.2, -0.15) is 9.36 Å². The third kappa shape index (κ3) is 1.79. The van der Waals surface area contributed by atoms with Crippen LogP contribution in [0.3, 0.4) is 0 Å². The lowest BCUT2D eigenvalue weighted by Gasteiger charge is -2.02. The predicted octanol–water partition coefficient (Wildman–Crippen LogP) is 0.496. The molecule has 2 heterocycles. The van der Waals surface area contributed by atoms with Crippen molar-refractivity contribution in [3.63, 3.8) is 0 Å².